The molecule has 0 spiro atoms. The van der Waals surface area contributed by atoms with E-state index in [1.54, 1.807) is 0 Å². The van der Waals surface area contributed by atoms with Crippen molar-refractivity contribution < 1.29 is 14.3 Å². The highest BCUT2D eigenvalue weighted by Crippen LogP contribution is 2.39. The summed E-state index contributed by atoms with van der Waals surface area (Å²) in [5.74, 6) is 1.67. The average molecular weight is 466 g/mol. The van der Waals surface area contributed by atoms with E-state index >= 15 is 0 Å². The summed E-state index contributed by atoms with van der Waals surface area (Å²) in [5.41, 5.74) is 1.71. The minimum atomic E-state index is -0.124. The maximum Gasteiger partial charge on any atom is 0.306 e. The van der Waals surface area contributed by atoms with E-state index in [2.05, 4.69) is 62.1 Å². The van der Waals surface area contributed by atoms with Crippen LogP contribution in [0.25, 0.3) is 10.8 Å². The molecule has 0 aromatic heterocycles. The van der Waals surface area contributed by atoms with Gasteiger partial charge in [-0.3, -0.25) is 9.69 Å². The zero-order chi connectivity index (χ0) is 24.1. The number of carbonyl (C=O) groups is 1. The number of hydrogen-bond donors (Lipinski definition) is 0. The monoisotopic (exact) mass is 465 g/mol. The molecule has 0 heterocycles. The first kappa shape index (κ1) is 25.0. The largest absolute Gasteiger partial charge is 0.490 e. The molecular formula is C30H43NO3. The van der Waals surface area contributed by atoms with Gasteiger partial charge < -0.3 is 9.47 Å². The Balaban J connectivity index is 1.39. The number of methoxy groups -OCH3 is 1. The Kier molecular flexibility index (Phi) is 8.18. The minimum absolute atomic E-state index is 0.124. The fourth-order valence-electron chi connectivity index (χ4n) is 5.92. The van der Waals surface area contributed by atoms with Crippen LogP contribution in [0.2, 0.25) is 0 Å². The van der Waals surface area contributed by atoms with Gasteiger partial charge in [-0.1, -0.05) is 51.8 Å². The number of rotatable bonds is 8. The molecule has 4 heteroatoms. The third kappa shape index (κ3) is 6.53. The number of fused-ring (bicyclic) bond motifs is 1. The number of ether oxygens (including phenoxy) is 2. The van der Waals surface area contributed by atoms with Crippen molar-refractivity contribution in [2.24, 2.45) is 11.3 Å². The first-order valence-electron chi connectivity index (χ1n) is 13.3. The van der Waals surface area contributed by atoms with E-state index in [1.165, 1.54) is 62.0 Å². The van der Waals surface area contributed by atoms with Crippen LogP contribution < -0.4 is 4.74 Å². The molecule has 2 aliphatic rings. The Morgan fingerprint density at radius 1 is 0.941 bits per heavy atom. The first-order chi connectivity index (χ1) is 16.3. The lowest BCUT2D eigenvalue weighted by molar-refractivity contribution is -0.141. The zero-order valence-corrected chi connectivity index (χ0v) is 21.6. The molecule has 4 nitrogen and oxygen atoms in total. The van der Waals surface area contributed by atoms with E-state index in [9.17, 15) is 4.79 Å². The standard InChI is InChI=1S/C30H43NO3/c1-30(2,3)25-12-15-27(16-13-25)34-28-14-11-23-19-22(9-10-24(23)20-28)21-31(18-17-29(32)33-4)26-7-5-6-8-26/h9-11,14,19-20,25-27H,5-8,12-13,15-18,21H2,1-4H3. The molecular weight excluding hydrogens is 422 g/mol. The smallest absolute Gasteiger partial charge is 0.306 e. The second-order valence-electron chi connectivity index (χ2n) is 11.5. The van der Waals surface area contributed by atoms with Gasteiger partial charge in [0.1, 0.15) is 5.75 Å². The predicted molar refractivity (Wildman–Crippen MR) is 139 cm³/mol. The van der Waals surface area contributed by atoms with Crippen molar-refractivity contribution >= 4 is 16.7 Å². The van der Waals surface area contributed by atoms with E-state index in [4.69, 9.17) is 9.47 Å². The van der Waals surface area contributed by atoms with Crippen LogP contribution in [-0.2, 0) is 16.1 Å². The second-order valence-corrected chi connectivity index (χ2v) is 11.5. The molecule has 2 aromatic rings. The quantitative estimate of drug-likeness (QED) is 0.389. The number of carbonyl (C=O) groups excluding carboxylic acids is 1. The maximum atomic E-state index is 11.7. The van der Waals surface area contributed by atoms with Gasteiger partial charge in [0.2, 0.25) is 0 Å². The van der Waals surface area contributed by atoms with Gasteiger partial charge in [0.25, 0.3) is 0 Å². The van der Waals surface area contributed by atoms with E-state index in [1.807, 2.05) is 0 Å². The molecule has 0 saturated heterocycles. The van der Waals surface area contributed by atoms with Crippen LogP contribution in [0.3, 0.4) is 0 Å². The van der Waals surface area contributed by atoms with Crippen molar-refractivity contribution in [1.29, 1.82) is 0 Å². The van der Waals surface area contributed by atoms with Gasteiger partial charge in [-0.05, 0) is 84.4 Å². The van der Waals surface area contributed by atoms with Crippen molar-refractivity contribution in [3.05, 3.63) is 42.0 Å². The van der Waals surface area contributed by atoms with Crippen LogP contribution in [0.4, 0.5) is 0 Å². The summed E-state index contributed by atoms with van der Waals surface area (Å²) >= 11 is 0. The number of hydrogen-bond acceptors (Lipinski definition) is 4. The molecule has 2 saturated carbocycles. The molecule has 0 N–H and O–H groups in total. The minimum Gasteiger partial charge on any atom is -0.490 e. The predicted octanol–water partition coefficient (Wildman–Crippen LogP) is 7.13. The lowest BCUT2D eigenvalue weighted by Crippen LogP contribution is -2.34. The maximum absolute atomic E-state index is 11.7. The molecule has 0 aliphatic heterocycles. The lowest BCUT2D eigenvalue weighted by atomic mass is 9.72. The van der Waals surface area contributed by atoms with Crippen LogP contribution in [0.1, 0.15) is 84.1 Å². The number of nitrogens with zero attached hydrogens (tertiary/aromatic N) is 1. The summed E-state index contributed by atoms with van der Waals surface area (Å²) in [4.78, 5) is 14.2. The Bertz CT molecular complexity index is 949. The van der Waals surface area contributed by atoms with Gasteiger partial charge >= 0.3 is 5.97 Å². The average Bonchev–Trinajstić information content (AvgIpc) is 3.36. The van der Waals surface area contributed by atoms with Gasteiger partial charge in [-0.2, -0.15) is 0 Å². The normalized spacial score (nSPS) is 21.8. The number of benzene rings is 2. The molecule has 2 aliphatic carbocycles. The highest BCUT2D eigenvalue weighted by Gasteiger charge is 2.30. The van der Waals surface area contributed by atoms with E-state index < -0.39 is 0 Å². The van der Waals surface area contributed by atoms with Gasteiger partial charge in [0.05, 0.1) is 19.6 Å². The first-order valence-corrected chi connectivity index (χ1v) is 13.3. The van der Waals surface area contributed by atoms with Crippen molar-refractivity contribution in [3.63, 3.8) is 0 Å². The van der Waals surface area contributed by atoms with Gasteiger partial charge in [-0.15, -0.1) is 0 Å². The molecule has 0 atom stereocenters. The van der Waals surface area contributed by atoms with Crippen molar-refractivity contribution in [2.75, 3.05) is 13.7 Å². The third-order valence-electron chi connectivity index (χ3n) is 8.14. The van der Waals surface area contributed by atoms with Crippen LogP contribution >= 0.6 is 0 Å². The topological polar surface area (TPSA) is 38.8 Å². The SMILES string of the molecule is COC(=O)CCN(Cc1ccc2cc(OC3CCC(C(C)(C)C)CC3)ccc2c1)C1CCCC1. The van der Waals surface area contributed by atoms with Crippen LogP contribution in [0.15, 0.2) is 36.4 Å². The Morgan fingerprint density at radius 2 is 1.62 bits per heavy atom. The van der Waals surface area contributed by atoms with Crippen molar-refractivity contribution in [2.45, 2.75) is 97.2 Å². The molecule has 0 unspecified atom stereocenters. The zero-order valence-electron chi connectivity index (χ0n) is 21.6. The lowest BCUT2D eigenvalue weighted by Gasteiger charge is -2.37. The fraction of sp³-hybridized carbons (Fsp3) is 0.633. The Morgan fingerprint density at radius 3 is 2.29 bits per heavy atom. The summed E-state index contributed by atoms with van der Waals surface area (Å²) in [5, 5.41) is 2.48. The molecule has 2 fully saturated rings. The Hall–Kier alpha value is -2.07. The van der Waals surface area contributed by atoms with E-state index in [0.29, 0.717) is 24.0 Å². The summed E-state index contributed by atoms with van der Waals surface area (Å²) in [6.45, 7) is 8.74. The summed E-state index contributed by atoms with van der Waals surface area (Å²) < 4.78 is 11.3. The van der Waals surface area contributed by atoms with Gasteiger partial charge in [-0.25, -0.2) is 0 Å². The summed E-state index contributed by atoms with van der Waals surface area (Å²) in [6.07, 6.45) is 10.7. The molecule has 0 radical (unpaired) electrons. The van der Waals surface area contributed by atoms with Crippen LogP contribution in [0.5, 0.6) is 5.75 Å². The summed E-state index contributed by atoms with van der Waals surface area (Å²) in [6, 6.07) is 13.9. The molecule has 2 aromatic carbocycles. The third-order valence-corrected chi connectivity index (χ3v) is 8.14. The van der Waals surface area contributed by atoms with Crippen molar-refractivity contribution in [3.8, 4) is 5.75 Å². The van der Waals surface area contributed by atoms with E-state index in [0.717, 1.165) is 37.6 Å². The molecule has 186 valence electrons. The molecule has 34 heavy (non-hydrogen) atoms. The highest BCUT2D eigenvalue weighted by molar-refractivity contribution is 5.84. The highest BCUT2D eigenvalue weighted by atomic mass is 16.5. The molecule has 0 bridgehead atoms. The van der Waals surface area contributed by atoms with E-state index in [-0.39, 0.29) is 5.97 Å². The van der Waals surface area contributed by atoms with Crippen molar-refractivity contribution in [1.82, 2.24) is 4.90 Å². The molecule has 0 amide bonds. The molecule has 4 rings (SSSR count). The van der Waals surface area contributed by atoms with Gasteiger partial charge in [0, 0.05) is 19.1 Å². The fourth-order valence-corrected chi connectivity index (χ4v) is 5.92. The Labute approximate surface area is 206 Å². The summed E-state index contributed by atoms with van der Waals surface area (Å²) in [7, 11) is 1.47. The second kappa shape index (κ2) is 11.1. The number of esters is 1. The van der Waals surface area contributed by atoms with Crippen LogP contribution in [-0.4, -0.2) is 36.7 Å². The van der Waals surface area contributed by atoms with Gasteiger partial charge in [0.15, 0.2) is 0 Å². The van der Waals surface area contributed by atoms with Crippen LogP contribution in [0, 0.1) is 11.3 Å².